The average Bonchev–Trinajstić information content (AvgIpc) is 2.48. The number of para-hydroxylation sites is 1. The Morgan fingerprint density at radius 1 is 1.41 bits per heavy atom. The number of aliphatic imine (C=N–C) groups is 1. The van der Waals surface area contributed by atoms with Gasteiger partial charge in [0.15, 0.2) is 5.06 Å². The highest BCUT2D eigenvalue weighted by atomic mass is 79.9. The second-order valence-corrected chi connectivity index (χ2v) is 6.79. The van der Waals surface area contributed by atoms with Crippen molar-refractivity contribution in [2.75, 3.05) is 5.32 Å². The molecule has 0 aliphatic heterocycles. The van der Waals surface area contributed by atoms with Crippen LogP contribution in [0.25, 0.3) is 0 Å². The van der Waals surface area contributed by atoms with Crippen LogP contribution < -0.4 is 5.32 Å². The summed E-state index contributed by atoms with van der Waals surface area (Å²) in [5.74, 6) is -1.48. The zero-order valence-electron chi connectivity index (χ0n) is 10.9. The van der Waals surface area contributed by atoms with Gasteiger partial charge < -0.3 is 10.4 Å². The Hall–Kier alpha value is -0.820. The number of hydrogen-bond acceptors (Lipinski definition) is 4. The lowest BCUT2D eigenvalue weighted by Crippen LogP contribution is -2.41. The molecule has 4 nitrogen and oxygen atoms in total. The minimum atomic E-state index is -1.97. The van der Waals surface area contributed by atoms with Gasteiger partial charge in [0.25, 0.3) is 0 Å². The summed E-state index contributed by atoms with van der Waals surface area (Å²) in [6.07, 6.45) is 1.47. The van der Waals surface area contributed by atoms with Crippen LogP contribution in [0.4, 0.5) is 5.69 Å². The highest BCUT2D eigenvalue weighted by Gasteiger charge is 2.46. The molecule has 0 bridgehead atoms. The third-order valence-corrected chi connectivity index (χ3v) is 5.31. The summed E-state index contributed by atoms with van der Waals surface area (Å²) in [6, 6.07) is 8.88. The lowest BCUT2D eigenvalue weighted by molar-refractivity contribution is -0.121. The van der Waals surface area contributed by atoms with E-state index in [0.717, 1.165) is 0 Å². The fourth-order valence-electron chi connectivity index (χ4n) is 1.88. The van der Waals surface area contributed by atoms with Gasteiger partial charge in [-0.15, -0.1) is 0 Å². The molecular formula is C14H9Br2ClN2O2S. The quantitative estimate of drug-likeness (QED) is 0.401. The van der Waals surface area contributed by atoms with Crippen LogP contribution in [-0.2, 0) is 4.79 Å². The standard InChI is InChI=1S/C14H9Br2ClN2O2S/c15-10-6-9(13(20)19-8-4-2-1-3-5-8)14(17,21)12(16)11(10)18-7-22/h1-6,9,21H,(H,19,20). The third-order valence-electron chi connectivity index (χ3n) is 2.95. The summed E-state index contributed by atoms with van der Waals surface area (Å²) >= 11 is 17.2. The van der Waals surface area contributed by atoms with E-state index in [1.165, 1.54) is 6.08 Å². The summed E-state index contributed by atoms with van der Waals surface area (Å²) in [7, 11) is 0. The number of halogens is 3. The van der Waals surface area contributed by atoms with Crippen molar-refractivity contribution in [3.05, 3.63) is 51.1 Å². The van der Waals surface area contributed by atoms with Gasteiger partial charge in [-0.3, -0.25) is 4.79 Å². The molecule has 22 heavy (non-hydrogen) atoms. The van der Waals surface area contributed by atoms with Gasteiger partial charge in [-0.2, -0.15) is 4.99 Å². The first-order valence-corrected chi connectivity index (χ1v) is 8.38. The molecule has 0 fully saturated rings. The van der Waals surface area contributed by atoms with E-state index < -0.39 is 16.9 Å². The largest absolute Gasteiger partial charge is 0.369 e. The first kappa shape index (κ1) is 17.5. The van der Waals surface area contributed by atoms with E-state index in [0.29, 0.717) is 10.2 Å². The van der Waals surface area contributed by atoms with Crippen LogP contribution in [0.15, 0.2) is 56.1 Å². The SMILES string of the molecule is O=C(Nc1ccccc1)C1C=C(Br)C(N=C=S)=C(Br)C1(O)Cl. The molecule has 0 saturated heterocycles. The number of hydrogen-bond donors (Lipinski definition) is 2. The Labute approximate surface area is 154 Å². The highest BCUT2D eigenvalue weighted by molar-refractivity contribution is 9.12. The van der Waals surface area contributed by atoms with Crippen LogP contribution in [-0.4, -0.2) is 21.2 Å². The molecule has 114 valence electrons. The Morgan fingerprint density at radius 2 is 2.05 bits per heavy atom. The predicted octanol–water partition coefficient (Wildman–Crippen LogP) is 4.17. The molecule has 2 atom stereocenters. The molecule has 0 saturated carbocycles. The maximum absolute atomic E-state index is 12.4. The van der Waals surface area contributed by atoms with Crippen LogP contribution in [0.5, 0.6) is 0 Å². The molecule has 1 aromatic carbocycles. The fraction of sp³-hybridized carbons (Fsp3) is 0.143. The zero-order valence-corrected chi connectivity index (χ0v) is 15.6. The molecule has 2 unspecified atom stereocenters. The Bertz CT molecular complexity index is 713. The molecule has 1 aromatic rings. The van der Waals surface area contributed by atoms with E-state index in [2.05, 4.69) is 59.5 Å². The number of nitrogens with zero attached hydrogens (tertiary/aromatic N) is 1. The zero-order chi connectivity index (χ0) is 16.3. The van der Waals surface area contributed by atoms with Crippen molar-refractivity contribution in [2.45, 2.75) is 5.06 Å². The van der Waals surface area contributed by atoms with Gasteiger partial charge in [0, 0.05) is 10.2 Å². The number of carbonyl (C=O) groups excluding carboxylic acids is 1. The third kappa shape index (κ3) is 3.56. The molecule has 1 aliphatic carbocycles. The minimum absolute atomic E-state index is 0.140. The number of allylic oxidation sites excluding steroid dienone is 1. The van der Waals surface area contributed by atoms with E-state index >= 15 is 0 Å². The number of amides is 1. The number of carbonyl (C=O) groups is 1. The summed E-state index contributed by atoms with van der Waals surface area (Å²) < 4.78 is 0.622. The number of isothiocyanates is 1. The van der Waals surface area contributed by atoms with Crippen molar-refractivity contribution in [3.63, 3.8) is 0 Å². The number of anilines is 1. The van der Waals surface area contributed by atoms with Crippen LogP contribution in [0.1, 0.15) is 0 Å². The van der Waals surface area contributed by atoms with Crippen molar-refractivity contribution >= 4 is 72.4 Å². The molecule has 1 amide bonds. The molecule has 8 heteroatoms. The van der Waals surface area contributed by atoms with E-state index in [1.54, 1.807) is 24.3 Å². The molecule has 1 aliphatic rings. The molecular weight excluding hydrogens is 455 g/mol. The van der Waals surface area contributed by atoms with E-state index in [-0.39, 0.29) is 10.2 Å². The second kappa shape index (κ2) is 7.17. The van der Waals surface area contributed by atoms with Gasteiger partial charge in [-0.25, -0.2) is 0 Å². The number of benzene rings is 1. The van der Waals surface area contributed by atoms with Gasteiger partial charge >= 0.3 is 0 Å². The normalized spacial score (nSPS) is 24.4. The minimum Gasteiger partial charge on any atom is -0.369 e. The summed E-state index contributed by atoms with van der Waals surface area (Å²) in [5.41, 5.74) is 0.892. The summed E-state index contributed by atoms with van der Waals surface area (Å²) in [5, 5.41) is 13.4. The molecule has 0 heterocycles. The number of aliphatic hydroxyl groups is 1. The smallest absolute Gasteiger partial charge is 0.235 e. The first-order valence-electron chi connectivity index (χ1n) is 6.01. The number of nitrogens with one attached hydrogen (secondary N) is 1. The van der Waals surface area contributed by atoms with E-state index in [4.69, 9.17) is 11.6 Å². The van der Waals surface area contributed by atoms with E-state index in [1.807, 2.05) is 6.07 Å². The maximum Gasteiger partial charge on any atom is 0.235 e. The Kier molecular flexibility index (Phi) is 5.71. The maximum atomic E-state index is 12.4. The molecule has 0 spiro atoms. The van der Waals surface area contributed by atoms with Gasteiger partial charge in [0.2, 0.25) is 5.91 Å². The first-order chi connectivity index (χ1) is 10.4. The predicted molar refractivity (Wildman–Crippen MR) is 97.4 cm³/mol. The second-order valence-electron chi connectivity index (χ2n) is 4.39. The molecule has 2 N–H and O–H groups in total. The van der Waals surface area contributed by atoms with Gasteiger partial charge in [-0.1, -0.05) is 35.9 Å². The number of rotatable bonds is 3. The molecule has 0 aromatic heterocycles. The van der Waals surface area contributed by atoms with Gasteiger partial charge in [0.05, 0.1) is 9.64 Å². The number of alkyl halides is 1. The van der Waals surface area contributed by atoms with Crippen molar-refractivity contribution in [1.82, 2.24) is 0 Å². The van der Waals surface area contributed by atoms with Crippen LogP contribution in [0.2, 0.25) is 0 Å². The molecule has 2 rings (SSSR count). The number of thiocarbonyl (C=S) groups is 1. The van der Waals surface area contributed by atoms with Crippen LogP contribution in [0, 0.1) is 5.92 Å². The van der Waals surface area contributed by atoms with Crippen molar-refractivity contribution in [3.8, 4) is 0 Å². The topological polar surface area (TPSA) is 61.7 Å². The Morgan fingerprint density at radius 3 is 2.64 bits per heavy atom. The Balaban J connectivity index is 2.33. The van der Waals surface area contributed by atoms with Crippen molar-refractivity contribution < 1.29 is 9.90 Å². The van der Waals surface area contributed by atoms with E-state index in [9.17, 15) is 9.90 Å². The fourth-order valence-corrected chi connectivity index (χ4v) is 3.59. The van der Waals surface area contributed by atoms with Crippen molar-refractivity contribution in [1.29, 1.82) is 0 Å². The summed E-state index contributed by atoms with van der Waals surface area (Å²) in [6.45, 7) is 0. The van der Waals surface area contributed by atoms with Gasteiger partial charge in [0.1, 0.15) is 11.6 Å². The lowest BCUT2D eigenvalue weighted by Gasteiger charge is -2.31. The molecule has 0 radical (unpaired) electrons. The van der Waals surface area contributed by atoms with Crippen LogP contribution in [0.3, 0.4) is 0 Å². The summed E-state index contributed by atoms with van der Waals surface area (Å²) in [4.78, 5) is 16.2. The lowest BCUT2D eigenvalue weighted by atomic mass is 9.94. The van der Waals surface area contributed by atoms with Gasteiger partial charge in [-0.05, 0) is 56.2 Å². The van der Waals surface area contributed by atoms with Crippen molar-refractivity contribution in [2.24, 2.45) is 10.9 Å². The average molecular weight is 465 g/mol. The monoisotopic (exact) mass is 462 g/mol. The van der Waals surface area contributed by atoms with Crippen LogP contribution >= 0.6 is 55.7 Å². The highest BCUT2D eigenvalue weighted by Crippen LogP contribution is 2.45.